The number of anilines is 1. The summed E-state index contributed by atoms with van der Waals surface area (Å²) in [6.07, 6.45) is 0.694. The van der Waals surface area contributed by atoms with E-state index in [2.05, 4.69) is 9.88 Å². The monoisotopic (exact) mass is 240 g/mol. The summed E-state index contributed by atoms with van der Waals surface area (Å²) in [5, 5.41) is 10.1. The Morgan fingerprint density at radius 3 is 2.69 bits per heavy atom. The first-order valence-corrected chi connectivity index (χ1v) is 6.16. The van der Waals surface area contributed by atoms with Crippen molar-refractivity contribution in [2.24, 2.45) is 5.41 Å². The first kappa shape index (κ1) is 11.4. The van der Waals surface area contributed by atoms with Gasteiger partial charge in [0.2, 0.25) is 0 Å². The summed E-state index contributed by atoms with van der Waals surface area (Å²) < 4.78 is 0. The highest BCUT2D eigenvalue weighted by Crippen LogP contribution is 2.35. The molecule has 1 atom stereocenters. The van der Waals surface area contributed by atoms with Crippen LogP contribution in [0.15, 0.2) is 0 Å². The summed E-state index contributed by atoms with van der Waals surface area (Å²) in [7, 11) is 0. The van der Waals surface area contributed by atoms with E-state index in [1.165, 1.54) is 4.88 Å². The van der Waals surface area contributed by atoms with Crippen LogP contribution in [0, 0.1) is 19.3 Å². The number of aryl methyl sites for hydroxylation is 2. The van der Waals surface area contributed by atoms with Crippen LogP contribution in [0.1, 0.15) is 23.9 Å². The van der Waals surface area contributed by atoms with Crippen molar-refractivity contribution in [1.29, 1.82) is 0 Å². The minimum Gasteiger partial charge on any atom is -0.481 e. The molecular weight excluding hydrogens is 224 g/mol. The first-order valence-electron chi connectivity index (χ1n) is 5.35. The summed E-state index contributed by atoms with van der Waals surface area (Å²) in [6, 6.07) is 0. The molecule has 1 aliphatic rings. The van der Waals surface area contributed by atoms with E-state index in [0.717, 1.165) is 17.4 Å². The van der Waals surface area contributed by atoms with E-state index in [-0.39, 0.29) is 0 Å². The molecular formula is C11H16N2O2S. The Kier molecular flexibility index (Phi) is 2.66. The molecule has 0 amide bonds. The van der Waals surface area contributed by atoms with Crippen LogP contribution in [-0.4, -0.2) is 29.1 Å². The standard InChI is InChI=1S/C11H16N2O2S/c1-7-8(2)16-10(12-7)13-5-4-11(3,6-13)9(14)15/h4-6H2,1-3H3,(H,14,15). The van der Waals surface area contributed by atoms with Gasteiger partial charge >= 0.3 is 5.97 Å². The van der Waals surface area contributed by atoms with Crippen molar-refractivity contribution in [3.63, 3.8) is 0 Å². The van der Waals surface area contributed by atoms with Crippen molar-refractivity contribution >= 4 is 22.4 Å². The lowest BCUT2D eigenvalue weighted by atomic mass is 9.90. The molecule has 0 aliphatic carbocycles. The maximum Gasteiger partial charge on any atom is 0.311 e. The van der Waals surface area contributed by atoms with Gasteiger partial charge in [0.05, 0.1) is 11.1 Å². The molecule has 2 heterocycles. The van der Waals surface area contributed by atoms with E-state index in [1.54, 1.807) is 11.3 Å². The van der Waals surface area contributed by atoms with E-state index in [1.807, 2.05) is 20.8 Å². The number of thiazole rings is 1. The Labute approximate surface area is 98.9 Å². The largest absolute Gasteiger partial charge is 0.481 e. The van der Waals surface area contributed by atoms with Gasteiger partial charge in [-0.15, -0.1) is 11.3 Å². The lowest BCUT2D eigenvalue weighted by Gasteiger charge is -2.19. The minimum atomic E-state index is -0.708. The zero-order valence-corrected chi connectivity index (χ0v) is 10.6. The van der Waals surface area contributed by atoms with Gasteiger partial charge in [0.25, 0.3) is 0 Å². The van der Waals surface area contributed by atoms with Gasteiger partial charge < -0.3 is 10.0 Å². The second-order valence-corrected chi connectivity index (χ2v) is 5.86. The van der Waals surface area contributed by atoms with Gasteiger partial charge in [0, 0.05) is 18.0 Å². The van der Waals surface area contributed by atoms with Gasteiger partial charge in [-0.05, 0) is 27.2 Å². The second-order valence-electron chi connectivity index (χ2n) is 4.68. The van der Waals surface area contributed by atoms with Crippen LogP contribution >= 0.6 is 11.3 Å². The summed E-state index contributed by atoms with van der Waals surface area (Å²) in [4.78, 5) is 18.9. The fraction of sp³-hybridized carbons (Fsp3) is 0.636. The van der Waals surface area contributed by atoms with Crippen LogP contribution in [0.2, 0.25) is 0 Å². The molecule has 1 saturated heterocycles. The van der Waals surface area contributed by atoms with Gasteiger partial charge in [0.15, 0.2) is 5.13 Å². The third-order valence-corrected chi connectivity index (χ3v) is 4.41. The number of carboxylic acid groups (broad SMARTS) is 1. The molecule has 0 saturated carbocycles. The molecule has 1 N–H and O–H groups in total. The van der Waals surface area contributed by atoms with Crippen LogP contribution in [0.4, 0.5) is 5.13 Å². The number of rotatable bonds is 2. The number of aromatic nitrogens is 1. The predicted molar refractivity (Wildman–Crippen MR) is 64.2 cm³/mol. The van der Waals surface area contributed by atoms with Gasteiger partial charge in [-0.1, -0.05) is 0 Å². The summed E-state index contributed by atoms with van der Waals surface area (Å²) in [5.74, 6) is -0.708. The summed E-state index contributed by atoms with van der Waals surface area (Å²) in [6.45, 7) is 7.19. The van der Waals surface area contributed by atoms with Crippen molar-refractivity contribution in [3.8, 4) is 0 Å². The highest BCUT2D eigenvalue weighted by molar-refractivity contribution is 7.15. The van der Waals surface area contributed by atoms with E-state index in [9.17, 15) is 4.79 Å². The van der Waals surface area contributed by atoms with Gasteiger partial charge in [-0.25, -0.2) is 4.98 Å². The SMILES string of the molecule is Cc1nc(N2CCC(C)(C(=O)O)C2)sc1C. The third-order valence-electron chi connectivity index (χ3n) is 3.28. The van der Waals surface area contributed by atoms with Crippen molar-refractivity contribution in [2.75, 3.05) is 18.0 Å². The molecule has 2 rings (SSSR count). The maximum atomic E-state index is 11.1. The Morgan fingerprint density at radius 2 is 2.25 bits per heavy atom. The van der Waals surface area contributed by atoms with E-state index in [4.69, 9.17) is 5.11 Å². The third kappa shape index (κ3) is 1.80. The van der Waals surface area contributed by atoms with E-state index < -0.39 is 11.4 Å². The number of aliphatic carboxylic acids is 1. The number of nitrogens with zero attached hydrogens (tertiary/aromatic N) is 2. The Bertz CT molecular complexity index is 410. The molecule has 1 aromatic rings. The Morgan fingerprint density at radius 1 is 1.56 bits per heavy atom. The van der Waals surface area contributed by atoms with Crippen molar-refractivity contribution < 1.29 is 9.90 Å². The molecule has 1 unspecified atom stereocenters. The fourth-order valence-electron chi connectivity index (χ4n) is 1.89. The van der Waals surface area contributed by atoms with Crippen molar-refractivity contribution in [1.82, 2.24) is 4.98 Å². The van der Waals surface area contributed by atoms with Crippen molar-refractivity contribution in [2.45, 2.75) is 27.2 Å². The quantitative estimate of drug-likeness (QED) is 0.859. The molecule has 0 aromatic carbocycles. The molecule has 0 bridgehead atoms. The summed E-state index contributed by atoms with van der Waals surface area (Å²) >= 11 is 1.65. The molecule has 1 aliphatic heterocycles. The number of carbonyl (C=O) groups is 1. The zero-order valence-electron chi connectivity index (χ0n) is 9.78. The fourth-order valence-corrected chi connectivity index (χ4v) is 2.82. The minimum absolute atomic E-state index is 0.564. The highest BCUT2D eigenvalue weighted by atomic mass is 32.1. The smallest absolute Gasteiger partial charge is 0.311 e. The Balaban J connectivity index is 2.18. The molecule has 0 spiro atoms. The first-order chi connectivity index (χ1) is 7.42. The number of hydrogen-bond acceptors (Lipinski definition) is 4. The molecule has 1 aromatic heterocycles. The zero-order chi connectivity index (χ0) is 11.9. The lowest BCUT2D eigenvalue weighted by molar-refractivity contribution is -0.146. The highest BCUT2D eigenvalue weighted by Gasteiger charge is 2.41. The number of hydrogen-bond donors (Lipinski definition) is 1. The van der Waals surface area contributed by atoms with Crippen LogP contribution < -0.4 is 4.90 Å². The van der Waals surface area contributed by atoms with Gasteiger partial charge in [-0.3, -0.25) is 4.79 Å². The maximum absolute atomic E-state index is 11.1. The van der Waals surface area contributed by atoms with Crippen LogP contribution in [0.3, 0.4) is 0 Å². The van der Waals surface area contributed by atoms with Crippen molar-refractivity contribution in [3.05, 3.63) is 10.6 Å². The molecule has 5 heteroatoms. The lowest BCUT2D eigenvalue weighted by Crippen LogP contribution is -2.31. The van der Waals surface area contributed by atoms with Gasteiger partial charge in [0.1, 0.15) is 0 Å². The van der Waals surface area contributed by atoms with Crippen LogP contribution in [-0.2, 0) is 4.79 Å². The molecule has 0 radical (unpaired) electrons. The Hall–Kier alpha value is -1.10. The molecule has 88 valence electrons. The van der Waals surface area contributed by atoms with Crippen LogP contribution in [0.25, 0.3) is 0 Å². The average Bonchev–Trinajstić information content (AvgIpc) is 2.73. The average molecular weight is 240 g/mol. The topological polar surface area (TPSA) is 53.4 Å². The van der Waals surface area contributed by atoms with E-state index in [0.29, 0.717) is 13.0 Å². The van der Waals surface area contributed by atoms with Crippen LogP contribution in [0.5, 0.6) is 0 Å². The molecule has 1 fully saturated rings. The predicted octanol–water partition coefficient (Wildman–Crippen LogP) is 2.06. The number of carboxylic acids is 1. The van der Waals surface area contributed by atoms with Gasteiger partial charge in [-0.2, -0.15) is 0 Å². The molecule has 4 nitrogen and oxygen atoms in total. The summed E-state index contributed by atoms with van der Waals surface area (Å²) in [5.41, 5.74) is 0.428. The normalized spacial score (nSPS) is 25.1. The van der Waals surface area contributed by atoms with E-state index >= 15 is 0 Å². The molecule has 16 heavy (non-hydrogen) atoms. The second kappa shape index (κ2) is 3.73.